The lowest BCUT2D eigenvalue weighted by Crippen LogP contribution is -2.57. The number of piperidine rings is 1. The molecule has 0 radical (unpaired) electrons. The van der Waals surface area contributed by atoms with E-state index in [0.29, 0.717) is 54.6 Å². The van der Waals surface area contributed by atoms with Crippen LogP contribution in [0.15, 0.2) is 36.4 Å². The van der Waals surface area contributed by atoms with E-state index in [4.69, 9.17) is 9.47 Å². The Hall–Kier alpha value is -3.51. The van der Waals surface area contributed by atoms with Crippen molar-refractivity contribution in [3.63, 3.8) is 0 Å². The normalized spacial score (nSPS) is 18.5. The van der Waals surface area contributed by atoms with Crippen LogP contribution in [0.4, 0.5) is 5.69 Å². The summed E-state index contributed by atoms with van der Waals surface area (Å²) in [7, 11) is 1.40. The smallest absolute Gasteiger partial charge is 0.338 e. The topological polar surface area (TPSA) is 149 Å². The van der Waals surface area contributed by atoms with Gasteiger partial charge in [-0.15, -0.1) is 0 Å². The zero-order valence-electron chi connectivity index (χ0n) is 25.5. The van der Waals surface area contributed by atoms with Crippen LogP contribution in [0.25, 0.3) is 0 Å². The van der Waals surface area contributed by atoms with Gasteiger partial charge in [-0.05, 0) is 99.0 Å². The monoisotopic (exact) mass is 609 g/mol. The molecule has 3 aliphatic rings. The van der Waals surface area contributed by atoms with E-state index in [0.717, 1.165) is 49.9 Å². The summed E-state index contributed by atoms with van der Waals surface area (Å²) in [5, 5.41) is 31.0. The van der Waals surface area contributed by atoms with Crippen LogP contribution in [0.3, 0.4) is 0 Å². The van der Waals surface area contributed by atoms with Gasteiger partial charge in [0.1, 0.15) is 11.3 Å². The van der Waals surface area contributed by atoms with Gasteiger partial charge in [-0.1, -0.05) is 0 Å². The molecular formula is C33H43N3O8. The van der Waals surface area contributed by atoms with Crippen LogP contribution in [0.2, 0.25) is 0 Å². The number of hydrogen-bond donors (Lipinski definition) is 4. The van der Waals surface area contributed by atoms with E-state index in [-0.39, 0.29) is 17.3 Å². The molecule has 0 bridgehead atoms. The van der Waals surface area contributed by atoms with Crippen molar-refractivity contribution in [2.24, 2.45) is 5.41 Å². The van der Waals surface area contributed by atoms with Gasteiger partial charge in [0.15, 0.2) is 0 Å². The number of aliphatic hydroxyl groups is 3. The molecule has 3 fully saturated rings. The lowest BCUT2D eigenvalue weighted by atomic mass is 9.77. The third kappa shape index (κ3) is 6.61. The minimum Gasteiger partial charge on any atom is -0.494 e. The summed E-state index contributed by atoms with van der Waals surface area (Å²) >= 11 is 0. The number of likely N-dealkylation sites (tertiary alicyclic amines) is 1. The van der Waals surface area contributed by atoms with Crippen molar-refractivity contribution in [1.29, 1.82) is 0 Å². The number of amides is 2. The van der Waals surface area contributed by atoms with Crippen molar-refractivity contribution in [3.05, 3.63) is 58.7 Å². The number of anilines is 1. The first-order valence-corrected chi connectivity index (χ1v) is 15.3. The van der Waals surface area contributed by atoms with Crippen LogP contribution in [-0.4, -0.2) is 96.7 Å². The summed E-state index contributed by atoms with van der Waals surface area (Å²) in [4.78, 5) is 42.5. The molecule has 2 aliphatic heterocycles. The number of hydrogen-bond acceptors (Lipinski definition) is 9. The fourth-order valence-electron chi connectivity index (χ4n) is 6.34. The minimum atomic E-state index is -1.52. The van der Waals surface area contributed by atoms with Crippen molar-refractivity contribution in [2.45, 2.75) is 57.0 Å². The number of nitrogens with one attached hydrogen (secondary N) is 1. The molecular weight excluding hydrogens is 566 g/mol. The van der Waals surface area contributed by atoms with Crippen molar-refractivity contribution in [1.82, 2.24) is 10.2 Å². The molecule has 4 N–H and O–H groups in total. The molecule has 5 rings (SSSR count). The number of carbonyl (C=O) groups is 3. The number of esters is 1. The number of ether oxygens (including phenoxy) is 2. The Labute approximate surface area is 257 Å². The summed E-state index contributed by atoms with van der Waals surface area (Å²) in [6, 6.07) is 10.6. The van der Waals surface area contributed by atoms with Gasteiger partial charge in [0.05, 0.1) is 39.1 Å². The van der Waals surface area contributed by atoms with Gasteiger partial charge in [-0.2, -0.15) is 0 Å². The van der Waals surface area contributed by atoms with Gasteiger partial charge < -0.3 is 35.0 Å². The molecule has 11 heteroatoms. The number of aliphatic hydroxyl groups excluding tert-OH is 3. The Morgan fingerprint density at radius 2 is 1.70 bits per heavy atom. The summed E-state index contributed by atoms with van der Waals surface area (Å²) in [5.74, 6) is 0.285. The van der Waals surface area contributed by atoms with Crippen LogP contribution >= 0.6 is 0 Å². The number of nitrogens with zero attached hydrogens (tertiary/aromatic N) is 2. The number of carbonyl (C=O) groups excluding carboxylic acids is 3. The Bertz CT molecular complexity index is 1350. The maximum absolute atomic E-state index is 13.2. The van der Waals surface area contributed by atoms with Crippen molar-refractivity contribution in [3.8, 4) is 5.75 Å². The molecule has 1 spiro atoms. The highest BCUT2D eigenvalue weighted by Crippen LogP contribution is 2.45. The highest BCUT2D eigenvalue weighted by Gasteiger charge is 2.45. The fourth-order valence-corrected chi connectivity index (χ4v) is 6.34. The molecule has 238 valence electrons. The maximum atomic E-state index is 13.2. The maximum Gasteiger partial charge on any atom is 0.338 e. The second-order valence-corrected chi connectivity index (χ2v) is 12.4. The number of benzene rings is 2. The van der Waals surface area contributed by atoms with E-state index in [1.54, 1.807) is 29.2 Å². The zero-order chi connectivity index (χ0) is 31.5. The largest absolute Gasteiger partial charge is 0.494 e. The highest BCUT2D eigenvalue weighted by atomic mass is 16.5. The Balaban J connectivity index is 1.23. The van der Waals surface area contributed by atoms with Crippen molar-refractivity contribution in [2.75, 3.05) is 58.1 Å². The molecule has 2 amide bonds. The van der Waals surface area contributed by atoms with E-state index in [1.165, 1.54) is 7.11 Å². The predicted molar refractivity (Wildman–Crippen MR) is 163 cm³/mol. The third-order valence-electron chi connectivity index (χ3n) is 9.31. The molecule has 2 saturated heterocycles. The van der Waals surface area contributed by atoms with Crippen LogP contribution in [0, 0.1) is 5.41 Å². The average molecular weight is 610 g/mol. The summed E-state index contributed by atoms with van der Waals surface area (Å²) in [6.45, 7) is 3.60. The predicted octanol–water partition coefficient (Wildman–Crippen LogP) is 2.21. The van der Waals surface area contributed by atoms with Crippen molar-refractivity contribution < 1.29 is 39.2 Å². The quantitative estimate of drug-likeness (QED) is 0.266. The van der Waals surface area contributed by atoms with Gasteiger partial charge >= 0.3 is 5.97 Å². The second kappa shape index (κ2) is 13.2. The lowest BCUT2D eigenvalue weighted by molar-refractivity contribution is -0.118. The van der Waals surface area contributed by atoms with Gasteiger partial charge in [0.25, 0.3) is 5.91 Å². The Morgan fingerprint density at radius 3 is 2.27 bits per heavy atom. The summed E-state index contributed by atoms with van der Waals surface area (Å²) in [6.07, 6.45) is 4.37. The number of rotatable bonds is 12. The molecule has 2 heterocycles. The molecule has 11 nitrogen and oxygen atoms in total. The lowest BCUT2D eigenvalue weighted by Gasteiger charge is -2.39. The standard InChI is InChI=1S/C33H43N3O8/c1-3-44-28-15-27(31(42)43-2)26(22-4-5-22)14-24(28)17-35-12-10-32(11-13-35)16-29(40)36(18-32)25-8-6-23(7-9-25)30(41)34-33(19-37,20-38)21-39/h6-9,14-15,22,37-39H,3-5,10-13,16-21H2,1-2H3,(H,34,41). The van der Waals surface area contributed by atoms with Gasteiger partial charge in [-0.3, -0.25) is 14.5 Å². The van der Waals surface area contributed by atoms with E-state index in [9.17, 15) is 29.7 Å². The molecule has 2 aromatic rings. The van der Waals surface area contributed by atoms with Crippen LogP contribution < -0.4 is 15.0 Å². The van der Waals surface area contributed by atoms with E-state index in [2.05, 4.69) is 16.3 Å². The SMILES string of the molecule is CCOc1cc(C(=O)OC)c(C2CC2)cc1CN1CCC2(CC1)CC(=O)N(c1ccc(C(=O)NC(CO)(CO)CO)cc1)C2. The van der Waals surface area contributed by atoms with Crippen LogP contribution in [0.5, 0.6) is 5.75 Å². The molecule has 1 aliphatic carbocycles. The fraction of sp³-hybridized carbons (Fsp3) is 0.545. The summed E-state index contributed by atoms with van der Waals surface area (Å²) < 4.78 is 11.0. The Morgan fingerprint density at radius 1 is 1.05 bits per heavy atom. The molecule has 44 heavy (non-hydrogen) atoms. The molecule has 2 aromatic carbocycles. The van der Waals surface area contributed by atoms with Crippen LogP contribution in [0.1, 0.15) is 76.8 Å². The first-order chi connectivity index (χ1) is 21.2. The number of methoxy groups -OCH3 is 1. The van der Waals surface area contributed by atoms with E-state index >= 15 is 0 Å². The van der Waals surface area contributed by atoms with E-state index < -0.39 is 31.3 Å². The molecule has 1 saturated carbocycles. The highest BCUT2D eigenvalue weighted by molar-refractivity contribution is 5.98. The van der Waals surface area contributed by atoms with Gasteiger partial charge in [0, 0.05) is 36.3 Å². The van der Waals surface area contributed by atoms with Crippen molar-refractivity contribution >= 4 is 23.5 Å². The first-order valence-electron chi connectivity index (χ1n) is 15.3. The van der Waals surface area contributed by atoms with E-state index in [1.807, 2.05) is 13.0 Å². The minimum absolute atomic E-state index is 0.0571. The molecule has 0 aromatic heterocycles. The van der Waals surface area contributed by atoms with Gasteiger partial charge in [-0.25, -0.2) is 4.79 Å². The average Bonchev–Trinajstić information content (AvgIpc) is 3.84. The van der Waals surface area contributed by atoms with Gasteiger partial charge in [0.2, 0.25) is 5.91 Å². The molecule has 0 atom stereocenters. The Kier molecular flexibility index (Phi) is 9.59. The zero-order valence-corrected chi connectivity index (χ0v) is 25.5. The third-order valence-corrected chi connectivity index (χ3v) is 9.31. The van der Waals surface area contributed by atoms with Crippen LogP contribution in [-0.2, 0) is 16.1 Å². The summed E-state index contributed by atoms with van der Waals surface area (Å²) in [5.41, 5.74) is 2.06. The second-order valence-electron chi connectivity index (χ2n) is 12.4. The molecule has 0 unspecified atom stereocenters. The first kappa shape index (κ1) is 31.9.